The molecule has 4 N–H and O–H groups in total. The van der Waals surface area contributed by atoms with Crippen LogP contribution in [0.5, 0.6) is 0 Å². The second-order valence-electron chi connectivity index (χ2n) is 7.21. The lowest BCUT2D eigenvalue weighted by Gasteiger charge is -2.21. The number of aromatic amines is 2. The van der Waals surface area contributed by atoms with E-state index in [0.29, 0.717) is 18.8 Å². The zero-order valence-corrected chi connectivity index (χ0v) is 16.7. The number of rotatable bonds is 4. The molecule has 9 heteroatoms. The third-order valence-electron chi connectivity index (χ3n) is 5.38. The quantitative estimate of drug-likeness (QED) is 0.414. The number of anilines is 2. The third kappa shape index (κ3) is 3.17. The number of carbonyl (C=O) groups is 1. The summed E-state index contributed by atoms with van der Waals surface area (Å²) in [5, 5.41) is 7.24. The largest absolute Gasteiger partial charge is 0.356 e. The highest BCUT2D eigenvalue weighted by atomic mass is 32.1. The molecule has 0 saturated carbocycles. The van der Waals surface area contributed by atoms with Crippen LogP contribution in [0.4, 0.5) is 11.5 Å². The Hall–Kier alpha value is -3.20. The number of carbonyl (C=O) groups excluding carboxylic acids is 1. The lowest BCUT2D eigenvalue weighted by atomic mass is 9.86. The summed E-state index contributed by atoms with van der Waals surface area (Å²) in [4.78, 5) is 38.9. The maximum Gasteiger partial charge on any atom is 0.305 e. The normalized spacial score (nSPS) is 16.1. The van der Waals surface area contributed by atoms with Crippen molar-refractivity contribution in [1.82, 2.24) is 25.3 Å². The molecule has 0 bridgehead atoms. The molecule has 1 amide bonds. The molecule has 3 heterocycles. The molecule has 0 saturated heterocycles. The lowest BCUT2D eigenvalue weighted by Crippen LogP contribution is -2.33. The monoisotopic (exact) mass is 408 g/mol. The van der Waals surface area contributed by atoms with Gasteiger partial charge in [0.15, 0.2) is 0 Å². The number of fused-ring (bicyclic) bond motifs is 4. The van der Waals surface area contributed by atoms with E-state index in [1.165, 1.54) is 17.7 Å². The van der Waals surface area contributed by atoms with Crippen LogP contribution >= 0.6 is 11.3 Å². The summed E-state index contributed by atoms with van der Waals surface area (Å²) in [7, 11) is 0. The molecule has 1 unspecified atom stereocenters. The molecule has 1 aliphatic rings. The second kappa shape index (κ2) is 7.00. The van der Waals surface area contributed by atoms with Crippen LogP contribution in [-0.4, -0.2) is 32.4 Å². The molecule has 1 aromatic carbocycles. The number of benzene rings is 1. The molecule has 8 nitrogen and oxygen atoms in total. The fraction of sp³-hybridized carbons (Fsp3) is 0.300. The zero-order valence-electron chi connectivity index (χ0n) is 15.8. The van der Waals surface area contributed by atoms with Gasteiger partial charge in [0.2, 0.25) is 5.91 Å². The van der Waals surface area contributed by atoms with E-state index >= 15 is 0 Å². The molecule has 0 fully saturated rings. The summed E-state index contributed by atoms with van der Waals surface area (Å²) >= 11 is 1.18. The third-order valence-corrected chi connectivity index (χ3v) is 6.23. The number of hydrogen-bond acceptors (Lipinski definition) is 6. The first-order chi connectivity index (χ1) is 14.1. The average molecular weight is 408 g/mol. The van der Waals surface area contributed by atoms with Crippen LogP contribution < -0.4 is 15.5 Å². The molecule has 29 heavy (non-hydrogen) atoms. The van der Waals surface area contributed by atoms with Gasteiger partial charge in [-0.15, -0.1) is 0 Å². The zero-order chi connectivity index (χ0) is 20.0. The number of thiazole rings is 1. The first kappa shape index (κ1) is 17.9. The Kier molecular flexibility index (Phi) is 4.31. The smallest absolute Gasteiger partial charge is 0.305 e. The fourth-order valence-electron chi connectivity index (χ4n) is 4.04. The highest BCUT2D eigenvalue weighted by Gasteiger charge is 2.28. The number of amides is 1. The van der Waals surface area contributed by atoms with Crippen molar-refractivity contribution >= 4 is 50.0 Å². The van der Waals surface area contributed by atoms with E-state index in [1.54, 1.807) is 0 Å². The van der Waals surface area contributed by atoms with Crippen LogP contribution in [-0.2, 0) is 17.6 Å². The van der Waals surface area contributed by atoms with Crippen molar-refractivity contribution < 1.29 is 4.79 Å². The van der Waals surface area contributed by atoms with Crippen LogP contribution in [0.2, 0.25) is 0 Å². The van der Waals surface area contributed by atoms with Gasteiger partial charge in [0.25, 0.3) is 0 Å². The maximum atomic E-state index is 12.4. The fourth-order valence-corrected chi connectivity index (χ4v) is 4.81. The van der Waals surface area contributed by atoms with Gasteiger partial charge in [-0.2, -0.15) is 0 Å². The van der Waals surface area contributed by atoms with Gasteiger partial charge in [0, 0.05) is 23.8 Å². The molecule has 0 radical (unpaired) electrons. The molecule has 4 aromatic rings. The van der Waals surface area contributed by atoms with Gasteiger partial charge < -0.3 is 20.6 Å². The summed E-state index contributed by atoms with van der Waals surface area (Å²) in [5.41, 5.74) is 4.68. The van der Waals surface area contributed by atoms with Crippen molar-refractivity contribution in [3.8, 4) is 0 Å². The number of nitrogens with one attached hydrogen (secondary N) is 4. The Labute approximate surface area is 169 Å². The number of nitrogens with zero attached hydrogens (tertiary/aromatic N) is 2. The minimum absolute atomic E-state index is 0.0389. The van der Waals surface area contributed by atoms with Crippen LogP contribution in [0.25, 0.3) is 21.3 Å². The molecule has 5 rings (SSSR count). The lowest BCUT2D eigenvalue weighted by molar-refractivity contribution is -0.125. The topological polar surface area (TPSA) is 116 Å². The van der Waals surface area contributed by atoms with Crippen LogP contribution in [0, 0.1) is 5.92 Å². The van der Waals surface area contributed by atoms with E-state index in [0.717, 1.165) is 51.0 Å². The minimum atomic E-state index is -0.0716. The first-order valence-corrected chi connectivity index (χ1v) is 10.5. The molecule has 1 atom stereocenters. The Morgan fingerprint density at radius 2 is 2.21 bits per heavy atom. The van der Waals surface area contributed by atoms with Gasteiger partial charge in [-0.05, 0) is 49.9 Å². The number of hydrogen-bond donors (Lipinski definition) is 4. The van der Waals surface area contributed by atoms with Crippen molar-refractivity contribution in [2.75, 3.05) is 11.9 Å². The number of aromatic nitrogens is 4. The number of aryl methyl sites for hydroxylation is 1. The molecule has 148 valence electrons. The van der Waals surface area contributed by atoms with Gasteiger partial charge in [-0.3, -0.25) is 9.59 Å². The Morgan fingerprint density at radius 3 is 3.07 bits per heavy atom. The molecule has 3 aromatic heterocycles. The van der Waals surface area contributed by atoms with E-state index in [2.05, 4.69) is 30.6 Å². The Bertz CT molecular complexity index is 1290. The second-order valence-corrected chi connectivity index (χ2v) is 8.23. The highest BCUT2D eigenvalue weighted by Crippen LogP contribution is 2.35. The maximum absolute atomic E-state index is 12.4. The predicted octanol–water partition coefficient (Wildman–Crippen LogP) is 2.85. The summed E-state index contributed by atoms with van der Waals surface area (Å²) < 4.78 is 0.887. The van der Waals surface area contributed by atoms with Gasteiger partial charge in [0.05, 0.1) is 15.6 Å². The van der Waals surface area contributed by atoms with Gasteiger partial charge >= 0.3 is 4.87 Å². The van der Waals surface area contributed by atoms with Crippen LogP contribution in [0.15, 0.2) is 29.3 Å². The van der Waals surface area contributed by atoms with E-state index in [4.69, 9.17) is 0 Å². The van der Waals surface area contributed by atoms with E-state index in [-0.39, 0.29) is 16.7 Å². The summed E-state index contributed by atoms with van der Waals surface area (Å²) in [6.07, 6.45) is 3.84. The molecule has 0 aliphatic heterocycles. The van der Waals surface area contributed by atoms with Gasteiger partial charge in [0.1, 0.15) is 17.8 Å². The van der Waals surface area contributed by atoms with Gasteiger partial charge in [-0.25, -0.2) is 9.97 Å². The van der Waals surface area contributed by atoms with Crippen LogP contribution in [0.1, 0.15) is 24.6 Å². The SMILES string of the molecule is CCNC(=O)C1CCc2[nH]c3ncnc(Nc4ccc5[nH]c(=O)sc5c4)c3c2C1. The first-order valence-electron chi connectivity index (χ1n) is 9.64. The molecule has 1 aliphatic carbocycles. The summed E-state index contributed by atoms with van der Waals surface area (Å²) in [6, 6.07) is 5.73. The summed E-state index contributed by atoms with van der Waals surface area (Å²) in [6.45, 7) is 2.57. The van der Waals surface area contributed by atoms with Crippen molar-refractivity contribution in [2.24, 2.45) is 5.92 Å². The average Bonchev–Trinajstić information content (AvgIpc) is 3.27. The van der Waals surface area contributed by atoms with E-state index in [9.17, 15) is 9.59 Å². The van der Waals surface area contributed by atoms with Gasteiger partial charge in [-0.1, -0.05) is 11.3 Å². The standard InChI is InChI=1S/C20H20N6O2S/c1-2-21-19(27)10-3-5-13-12(7-10)16-17(22-9-23-18(16)25-13)24-11-4-6-14-15(8-11)29-20(28)26-14/h4,6,8-10H,2-3,5,7H2,1H3,(H,21,27)(H,26,28)(H2,22,23,24,25). The van der Waals surface area contributed by atoms with Crippen LogP contribution in [0.3, 0.4) is 0 Å². The number of H-pyrrole nitrogens is 2. The van der Waals surface area contributed by atoms with E-state index in [1.807, 2.05) is 25.1 Å². The molecular weight excluding hydrogens is 388 g/mol. The van der Waals surface area contributed by atoms with Crippen molar-refractivity contribution in [1.29, 1.82) is 0 Å². The highest BCUT2D eigenvalue weighted by molar-refractivity contribution is 7.16. The predicted molar refractivity (Wildman–Crippen MR) is 114 cm³/mol. The van der Waals surface area contributed by atoms with Crippen molar-refractivity contribution in [3.63, 3.8) is 0 Å². The molecule has 0 spiro atoms. The van der Waals surface area contributed by atoms with Crippen molar-refractivity contribution in [3.05, 3.63) is 45.5 Å². The summed E-state index contributed by atoms with van der Waals surface area (Å²) in [5.74, 6) is 0.765. The van der Waals surface area contributed by atoms with E-state index < -0.39 is 0 Å². The molecular formula is C20H20N6O2S. The Balaban J connectivity index is 1.53. The minimum Gasteiger partial charge on any atom is -0.356 e. The van der Waals surface area contributed by atoms with Crippen molar-refractivity contribution in [2.45, 2.75) is 26.2 Å². The Morgan fingerprint density at radius 1 is 1.31 bits per heavy atom.